The van der Waals surface area contributed by atoms with Crippen LogP contribution in [0, 0.1) is 6.92 Å². The summed E-state index contributed by atoms with van der Waals surface area (Å²) < 4.78 is 0. The molecule has 0 fully saturated rings. The lowest BCUT2D eigenvalue weighted by Gasteiger charge is -2.14. The van der Waals surface area contributed by atoms with Gasteiger partial charge in [0.1, 0.15) is 5.82 Å². The molecule has 0 aliphatic rings. The van der Waals surface area contributed by atoms with Gasteiger partial charge in [-0.15, -0.1) is 0 Å². The number of aryl methyl sites for hydroxylation is 1. The molecule has 5 heteroatoms. The molecule has 0 atom stereocenters. The summed E-state index contributed by atoms with van der Waals surface area (Å²) >= 11 is 0. The largest absolute Gasteiger partial charge is 0.356 e. The molecule has 0 radical (unpaired) electrons. The number of benzene rings is 1. The van der Waals surface area contributed by atoms with Gasteiger partial charge in [0.25, 0.3) is 0 Å². The fourth-order valence-corrected chi connectivity index (χ4v) is 2.16. The smallest absolute Gasteiger partial charge is 0.221 e. The Hall–Kier alpha value is -1.88. The number of rotatable bonds is 6. The number of nitrogens with zero attached hydrogens (tertiary/aromatic N) is 2. The minimum absolute atomic E-state index is 0.0968. The van der Waals surface area contributed by atoms with Crippen molar-refractivity contribution in [3.8, 4) is 0 Å². The number of hydrogen-bond acceptors (Lipinski definition) is 3. The van der Waals surface area contributed by atoms with E-state index in [0.717, 1.165) is 23.4 Å². The van der Waals surface area contributed by atoms with Crippen molar-refractivity contribution in [1.29, 1.82) is 0 Å². The van der Waals surface area contributed by atoms with Crippen molar-refractivity contribution in [2.24, 2.45) is 0 Å². The molecule has 20 heavy (non-hydrogen) atoms. The molecule has 108 valence electrons. The van der Waals surface area contributed by atoms with Gasteiger partial charge in [0, 0.05) is 19.5 Å². The minimum atomic E-state index is 0.0968. The van der Waals surface area contributed by atoms with Crippen molar-refractivity contribution >= 4 is 16.9 Å². The highest BCUT2D eigenvalue weighted by atomic mass is 16.1. The van der Waals surface area contributed by atoms with E-state index in [1.807, 2.05) is 20.0 Å². The number of carbonyl (C=O) groups excluding carboxylic acids is 1. The molecule has 0 spiro atoms. The zero-order chi connectivity index (χ0) is 14.5. The number of nitrogens with one attached hydrogen (secondary N) is 2. The first kappa shape index (κ1) is 14.5. The third-order valence-corrected chi connectivity index (χ3v) is 3.20. The van der Waals surface area contributed by atoms with Gasteiger partial charge in [0.2, 0.25) is 5.91 Å². The van der Waals surface area contributed by atoms with Crippen molar-refractivity contribution in [1.82, 2.24) is 20.2 Å². The van der Waals surface area contributed by atoms with Crippen LogP contribution >= 0.6 is 0 Å². The number of amides is 1. The van der Waals surface area contributed by atoms with Crippen molar-refractivity contribution < 1.29 is 4.79 Å². The Morgan fingerprint density at radius 3 is 3.00 bits per heavy atom. The van der Waals surface area contributed by atoms with E-state index in [4.69, 9.17) is 0 Å². The maximum Gasteiger partial charge on any atom is 0.221 e. The van der Waals surface area contributed by atoms with Gasteiger partial charge in [-0.3, -0.25) is 9.69 Å². The molecule has 1 heterocycles. The molecule has 1 aromatic heterocycles. The second-order valence-corrected chi connectivity index (χ2v) is 5.15. The normalized spacial score (nSPS) is 11.2. The van der Waals surface area contributed by atoms with Gasteiger partial charge < -0.3 is 10.3 Å². The van der Waals surface area contributed by atoms with Crippen LogP contribution in [0.5, 0.6) is 0 Å². The van der Waals surface area contributed by atoms with Gasteiger partial charge in [-0.1, -0.05) is 6.07 Å². The van der Waals surface area contributed by atoms with Crippen molar-refractivity contribution in [2.75, 3.05) is 20.1 Å². The molecule has 1 aromatic carbocycles. The van der Waals surface area contributed by atoms with Crippen LogP contribution in [-0.4, -0.2) is 40.9 Å². The van der Waals surface area contributed by atoms with E-state index in [1.54, 1.807) is 0 Å². The van der Waals surface area contributed by atoms with E-state index >= 15 is 0 Å². The highest BCUT2D eigenvalue weighted by Crippen LogP contribution is 2.14. The summed E-state index contributed by atoms with van der Waals surface area (Å²) in [6, 6.07) is 6.19. The zero-order valence-electron chi connectivity index (χ0n) is 12.4. The van der Waals surface area contributed by atoms with Crippen LogP contribution in [0.1, 0.15) is 24.7 Å². The quantitative estimate of drug-likeness (QED) is 0.845. The van der Waals surface area contributed by atoms with Gasteiger partial charge in [-0.05, 0) is 38.6 Å². The van der Waals surface area contributed by atoms with E-state index in [2.05, 4.69) is 39.2 Å². The summed E-state index contributed by atoms with van der Waals surface area (Å²) in [7, 11) is 2.00. The summed E-state index contributed by atoms with van der Waals surface area (Å²) in [4.78, 5) is 21.4. The standard InChI is InChI=1S/C15H22N4O/c1-4-16-15(20)7-8-19(3)10-14-17-12-6-5-11(2)9-13(12)18-14/h5-6,9H,4,7-8,10H2,1-3H3,(H,16,20)(H,17,18). The van der Waals surface area contributed by atoms with Gasteiger partial charge in [-0.2, -0.15) is 0 Å². The average Bonchev–Trinajstić information content (AvgIpc) is 2.78. The minimum Gasteiger partial charge on any atom is -0.356 e. The molecular weight excluding hydrogens is 252 g/mol. The Labute approximate surface area is 119 Å². The lowest BCUT2D eigenvalue weighted by molar-refractivity contribution is -0.121. The predicted molar refractivity (Wildman–Crippen MR) is 80.5 cm³/mol. The monoisotopic (exact) mass is 274 g/mol. The Kier molecular flexibility index (Phi) is 4.74. The zero-order valence-corrected chi connectivity index (χ0v) is 12.4. The first-order valence-corrected chi connectivity index (χ1v) is 6.99. The van der Waals surface area contributed by atoms with Crippen molar-refractivity contribution in [2.45, 2.75) is 26.8 Å². The highest BCUT2D eigenvalue weighted by molar-refractivity contribution is 5.76. The van der Waals surface area contributed by atoms with Crippen LogP contribution in [0.3, 0.4) is 0 Å². The maximum absolute atomic E-state index is 11.4. The van der Waals surface area contributed by atoms with Crippen LogP contribution in [0.25, 0.3) is 11.0 Å². The molecule has 0 saturated carbocycles. The van der Waals surface area contributed by atoms with E-state index in [1.165, 1.54) is 5.56 Å². The SMILES string of the molecule is CCNC(=O)CCN(C)Cc1nc2ccc(C)cc2[nH]1. The number of H-pyrrole nitrogens is 1. The first-order valence-electron chi connectivity index (χ1n) is 6.99. The third kappa shape index (κ3) is 3.81. The first-order chi connectivity index (χ1) is 9.58. The lowest BCUT2D eigenvalue weighted by atomic mass is 10.2. The summed E-state index contributed by atoms with van der Waals surface area (Å²) in [6.07, 6.45) is 0.518. The maximum atomic E-state index is 11.4. The molecule has 0 saturated heterocycles. The molecule has 0 aliphatic heterocycles. The van der Waals surface area contributed by atoms with Crippen LogP contribution in [-0.2, 0) is 11.3 Å². The molecule has 1 amide bonds. The van der Waals surface area contributed by atoms with Gasteiger partial charge in [0.05, 0.1) is 17.6 Å². The van der Waals surface area contributed by atoms with E-state index in [0.29, 0.717) is 19.5 Å². The molecule has 0 aliphatic carbocycles. The average molecular weight is 274 g/mol. The van der Waals surface area contributed by atoms with Gasteiger partial charge in [0.15, 0.2) is 0 Å². The Morgan fingerprint density at radius 1 is 1.45 bits per heavy atom. The van der Waals surface area contributed by atoms with Crippen molar-refractivity contribution in [3.05, 3.63) is 29.6 Å². The number of hydrogen-bond donors (Lipinski definition) is 2. The molecular formula is C15H22N4O. The Morgan fingerprint density at radius 2 is 2.25 bits per heavy atom. The summed E-state index contributed by atoms with van der Waals surface area (Å²) in [5, 5.41) is 2.80. The summed E-state index contributed by atoms with van der Waals surface area (Å²) in [5.41, 5.74) is 3.28. The number of imidazole rings is 1. The topological polar surface area (TPSA) is 61.0 Å². The van der Waals surface area contributed by atoms with E-state index in [9.17, 15) is 4.79 Å². The van der Waals surface area contributed by atoms with Gasteiger partial charge >= 0.3 is 0 Å². The number of fused-ring (bicyclic) bond motifs is 1. The molecule has 5 nitrogen and oxygen atoms in total. The fraction of sp³-hybridized carbons (Fsp3) is 0.467. The Balaban J connectivity index is 1.92. The molecule has 2 N–H and O–H groups in total. The van der Waals surface area contributed by atoms with E-state index < -0.39 is 0 Å². The lowest BCUT2D eigenvalue weighted by Crippen LogP contribution is -2.28. The molecule has 2 rings (SSSR count). The van der Waals surface area contributed by atoms with Crippen LogP contribution in [0.4, 0.5) is 0 Å². The summed E-state index contributed by atoms with van der Waals surface area (Å²) in [5.74, 6) is 1.03. The van der Waals surface area contributed by atoms with Crippen LogP contribution < -0.4 is 5.32 Å². The van der Waals surface area contributed by atoms with Crippen LogP contribution in [0.2, 0.25) is 0 Å². The van der Waals surface area contributed by atoms with Crippen LogP contribution in [0.15, 0.2) is 18.2 Å². The second-order valence-electron chi connectivity index (χ2n) is 5.15. The summed E-state index contributed by atoms with van der Waals surface area (Å²) in [6.45, 7) is 6.12. The highest BCUT2D eigenvalue weighted by Gasteiger charge is 2.08. The number of aromatic nitrogens is 2. The Bertz CT molecular complexity index is 591. The second kappa shape index (κ2) is 6.52. The van der Waals surface area contributed by atoms with Gasteiger partial charge in [-0.25, -0.2) is 4.98 Å². The predicted octanol–water partition coefficient (Wildman–Crippen LogP) is 1.83. The van der Waals surface area contributed by atoms with E-state index in [-0.39, 0.29) is 5.91 Å². The van der Waals surface area contributed by atoms with Crippen molar-refractivity contribution in [3.63, 3.8) is 0 Å². The molecule has 0 bridgehead atoms. The molecule has 0 unspecified atom stereocenters. The fourth-order valence-electron chi connectivity index (χ4n) is 2.16. The third-order valence-electron chi connectivity index (χ3n) is 3.20. The number of carbonyl (C=O) groups is 1. The molecule has 2 aromatic rings. The number of aromatic amines is 1.